The fourth-order valence-corrected chi connectivity index (χ4v) is 2.22. The smallest absolute Gasteiger partial charge is 0.273 e. The first kappa shape index (κ1) is 12.6. The maximum absolute atomic E-state index is 12.2. The number of nitrogens with two attached hydrogens (primary N) is 1. The van der Waals surface area contributed by atoms with E-state index >= 15 is 0 Å². The number of amides is 1. The topological polar surface area (TPSA) is 59.2 Å². The van der Waals surface area contributed by atoms with Crippen molar-refractivity contribution in [1.82, 2.24) is 9.88 Å². The van der Waals surface area contributed by atoms with Crippen LogP contribution in [-0.4, -0.2) is 22.3 Å². The van der Waals surface area contributed by atoms with Crippen molar-refractivity contribution in [2.45, 2.75) is 13.5 Å². The molecule has 18 heavy (non-hydrogen) atoms. The molecule has 1 aromatic heterocycles. The number of hydrogen-bond donors (Lipinski definition) is 1. The Labute approximate surface area is 110 Å². The van der Waals surface area contributed by atoms with E-state index in [0.717, 1.165) is 5.56 Å². The van der Waals surface area contributed by atoms with E-state index in [2.05, 4.69) is 4.98 Å². The summed E-state index contributed by atoms with van der Waals surface area (Å²) in [6.07, 6.45) is 0. The van der Waals surface area contributed by atoms with Gasteiger partial charge in [-0.05, 0) is 18.6 Å². The van der Waals surface area contributed by atoms with Gasteiger partial charge in [0.05, 0.1) is 5.51 Å². The van der Waals surface area contributed by atoms with Gasteiger partial charge in [-0.15, -0.1) is 11.3 Å². The summed E-state index contributed by atoms with van der Waals surface area (Å²) in [6.45, 7) is 3.09. The Hall–Kier alpha value is -1.88. The standard InChI is InChI=1S/C13H15N3OS/c1-2-16(13(17)12-8-18-9-15-12)7-10-5-3-4-6-11(10)14/h3-6,8-9H,2,7,14H2,1H3. The van der Waals surface area contributed by atoms with Crippen molar-refractivity contribution in [2.24, 2.45) is 0 Å². The van der Waals surface area contributed by atoms with E-state index in [1.165, 1.54) is 11.3 Å². The fraction of sp³-hybridized carbons (Fsp3) is 0.231. The van der Waals surface area contributed by atoms with Crippen molar-refractivity contribution in [3.8, 4) is 0 Å². The predicted molar refractivity (Wildman–Crippen MR) is 73.4 cm³/mol. The second-order valence-corrected chi connectivity index (χ2v) is 4.61. The van der Waals surface area contributed by atoms with Crippen LogP contribution in [0.1, 0.15) is 23.0 Å². The van der Waals surface area contributed by atoms with Crippen molar-refractivity contribution in [1.29, 1.82) is 0 Å². The van der Waals surface area contributed by atoms with Gasteiger partial charge in [-0.3, -0.25) is 4.79 Å². The number of anilines is 1. The number of thiazole rings is 1. The molecule has 2 rings (SSSR count). The molecule has 0 spiro atoms. The predicted octanol–water partition coefficient (Wildman–Crippen LogP) is 2.39. The zero-order valence-electron chi connectivity index (χ0n) is 10.2. The molecule has 0 saturated heterocycles. The van der Waals surface area contributed by atoms with E-state index in [9.17, 15) is 4.79 Å². The molecule has 1 amide bonds. The molecule has 94 valence electrons. The van der Waals surface area contributed by atoms with Crippen molar-refractivity contribution >= 4 is 22.9 Å². The van der Waals surface area contributed by atoms with Gasteiger partial charge in [-0.1, -0.05) is 18.2 Å². The Morgan fingerprint density at radius 3 is 2.83 bits per heavy atom. The third kappa shape index (κ3) is 2.68. The SMILES string of the molecule is CCN(Cc1ccccc1N)C(=O)c1cscn1. The Morgan fingerprint density at radius 2 is 2.22 bits per heavy atom. The molecule has 2 aromatic rings. The first-order valence-electron chi connectivity index (χ1n) is 5.73. The molecule has 1 heterocycles. The Bertz CT molecular complexity index is 525. The number of rotatable bonds is 4. The third-order valence-electron chi connectivity index (χ3n) is 2.74. The second-order valence-electron chi connectivity index (χ2n) is 3.89. The lowest BCUT2D eigenvalue weighted by atomic mass is 10.1. The molecule has 0 unspecified atom stereocenters. The highest BCUT2D eigenvalue weighted by atomic mass is 32.1. The molecule has 0 radical (unpaired) electrons. The van der Waals surface area contributed by atoms with Crippen LogP contribution in [0.2, 0.25) is 0 Å². The number of benzene rings is 1. The van der Waals surface area contributed by atoms with Crippen molar-refractivity contribution in [3.05, 3.63) is 46.4 Å². The molecule has 0 fully saturated rings. The number of nitrogens with zero attached hydrogens (tertiary/aromatic N) is 2. The van der Waals surface area contributed by atoms with Crippen LogP contribution in [0.4, 0.5) is 5.69 Å². The maximum Gasteiger partial charge on any atom is 0.273 e. The molecular formula is C13H15N3OS. The summed E-state index contributed by atoms with van der Waals surface area (Å²) in [5.41, 5.74) is 9.72. The van der Waals surface area contributed by atoms with Crippen molar-refractivity contribution < 1.29 is 4.79 Å². The minimum absolute atomic E-state index is 0.0537. The summed E-state index contributed by atoms with van der Waals surface area (Å²) in [6, 6.07) is 7.59. The van der Waals surface area contributed by atoms with E-state index < -0.39 is 0 Å². The summed E-state index contributed by atoms with van der Waals surface area (Å²) in [4.78, 5) is 18.0. The number of nitrogen functional groups attached to an aromatic ring is 1. The van der Waals surface area contributed by atoms with Gasteiger partial charge in [0.25, 0.3) is 5.91 Å². The summed E-state index contributed by atoms with van der Waals surface area (Å²) in [7, 11) is 0. The molecule has 1 aromatic carbocycles. The van der Waals surface area contributed by atoms with Gasteiger partial charge in [0.2, 0.25) is 0 Å². The number of carbonyl (C=O) groups is 1. The van der Waals surface area contributed by atoms with E-state index in [1.807, 2.05) is 31.2 Å². The third-order valence-corrected chi connectivity index (χ3v) is 3.32. The average molecular weight is 261 g/mol. The van der Waals surface area contributed by atoms with E-state index in [-0.39, 0.29) is 5.91 Å². The van der Waals surface area contributed by atoms with E-state index in [0.29, 0.717) is 24.5 Å². The van der Waals surface area contributed by atoms with Crippen LogP contribution in [-0.2, 0) is 6.54 Å². The van der Waals surface area contributed by atoms with Crippen molar-refractivity contribution in [2.75, 3.05) is 12.3 Å². The molecule has 5 heteroatoms. The molecule has 0 atom stereocenters. The van der Waals surface area contributed by atoms with Crippen LogP contribution < -0.4 is 5.73 Å². The van der Waals surface area contributed by atoms with Gasteiger partial charge in [-0.25, -0.2) is 4.98 Å². The lowest BCUT2D eigenvalue weighted by molar-refractivity contribution is 0.0748. The highest BCUT2D eigenvalue weighted by Gasteiger charge is 2.16. The van der Waals surface area contributed by atoms with E-state index in [4.69, 9.17) is 5.73 Å². The molecule has 0 aliphatic heterocycles. The van der Waals surface area contributed by atoms with Crippen LogP contribution in [0.3, 0.4) is 0 Å². The minimum Gasteiger partial charge on any atom is -0.398 e. The minimum atomic E-state index is -0.0537. The Balaban J connectivity index is 2.15. The van der Waals surface area contributed by atoms with Crippen LogP contribution in [0.25, 0.3) is 0 Å². The Kier molecular flexibility index (Phi) is 3.94. The quantitative estimate of drug-likeness (QED) is 0.860. The van der Waals surface area contributed by atoms with Crippen molar-refractivity contribution in [3.63, 3.8) is 0 Å². The highest BCUT2D eigenvalue weighted by molar-refractivity contribution is 7.07. The van der Waals surface area contributed by atoms with Gasteiger partial charge in [-0.2, -0.15) is 0 Å². The average Bonchev–Trinajstić information content (AvgIpc) is 2.91. The second kappa shape index (κ2) is 5.64. The summed E-state index contributed by atoms with van der Waals surface area (Å²) < 4.78 is 0. The van der Waals surface area contributed by atoms with Crippen LogP contribution in [0, 0.1) is 0 Å². The molecule has 2 N–H and O–H groups in total. The Morgan fingerprint density at radius 1 is 1.44 bits per heavy atom. The zero-order chi connectivity index (χ0) is 13.0. The highest BCUT2D eigenvalue weighted by Crippen LogP contribution is 2.15. The first-order chi connectivity index (χ1) is 8.72. The van der Waals surface area contributed by atoms with Crippen LogP contribution in [0.5, 0.6) is 0 Å². The van der Waals surface area contributed by atoms with Gasteiger partial charge in [0, 0.05) is 24.2 Å². The molecule has 4 nitrogen and oxygen atoms in total. The normalized spacial score (nSPS) is 10.3. The summed E-state index contributed by atoms with van der Waals surface area (Å²) in [5, 5.41) is 1.76. The van der Waals surface area contributed by atoms with Crippen LogP contribution >= 0.6 is 11.3 Å². The fourth-order valence-electron chi connectivity index (χ4n) is 1.69. The summed E-state index contributed by atoms with van der Waals surface area (Å²) >= 11 is 1.42. The molecular weight excluding hydrogens is 246 g/mol. The lowest BCUT2D eigenvalue weighted by Crippen LogP contribution is -2.30. The first-order valence-corrected chi connectivity index (χ1v) is 6.67. The largest absolute Gasteiger partial charge is 0.398 e. The van der Waals surface area contributed by atoms with Gasteiger partial charge in [0.1, 0.15) is 5.69 Å². The number of carbonyl (C=O) groups excluding carboxylic acids is 1. The monoisotopic (exact) mass is 261 g/mol. The molecule has 0 aliphatic rings. The van der Waals surface area contributed by atoms with E-state index in [1.54, 1.807) is 15.8 Å². The molecule has 0 bridgehead atoms. The van der Waals surface area contributed by atoms with Crippen LogP contribution in [0.15, 0.2) is 35.2 Å². The zero-order valence-corrected chi connectivity index (χ0v) is 11.0. The lowest BCUT2D eigenvalue weighted by Gasteiger charge is -2.20. The van der Waals surface area contributed by atoms with Gasteiger partial charge < -0.3 is 10.6 Å². The number of para-hydroxylation sites is 1. The number of aromatic nitrogens is 1. The maximum atomic E-state index is 12.2. The summed E-state index contributed by atoms with van der Waals surface area (Å²) in [5.74, 6) is -0.0537. The van der Waals surface area contributed by atoms with Gasteiger partial charge in [0.15, 0.2) is 0 Å². The van der Waals surface area contributed by atoms with Gasteiger partial charge >= 0.3 is 0 Å². The molecule has 0 aliphatic carbocycles. The molecule has 0 saturated carbocycles. The number of hydrogen-bond acceptors (Lipinski definition) is 4.